The molecular formula is C21H20F3N5O8. The van der Waals surface area contributed by atoms with Crippen molar-refractivity contribution in [2.24, 2.45) is 4.99 Å². The summed E-state index contributed by atoms with van der Waals surface area (Å²) in [6.45, 7) is 1.62. The second-order valence-corrected chi connectivity index (χ2v) is 7.87. The minimum absolute atomic E-state index is 0.0722. The van der Waals surface area contributed by atoms with E-state index in [4.69, 9.17) is 30.6 Å². The number of alkyl halides is 3. The molecule has 0 unspecified atom stereocenters. The van der Waals surface area contributed by atoms with Crippen LogP contribution in [0.3, 0.4) is 0 Å². The number of rotatable bonds is 6. The average molecular weight is 527 g/mol. The van der Waals surface area contributed by atoms with E-state index in [9.17, 15) is 27.6 Å². The summed E-state index contributed by atoms with van der Waals surface area (Å²) in [5, 5.41) is 33.7. The highest BCUT2D eigenvalue weighted by molar-refractivity contribution is 6.08. The normalized spacial score (nSPS) is 13.9. The van der Waals surface area contributed by atoms with Crippen molar-refractivity contribution < 1.29 is 52.4 Å². The molecule has 0 saturated heterocycles. The lowest BCUT2D eigenvalue weighted by molar-refractivity contribution is -0.170. The van der Waals surface area contributed by atoms with Crippen molar-refractivity contribution >= 4 is 58.0 Å². The first kappa shape index (κ1) is 27.1. The van der Waals surface area contributed by atoms with E-state index in [1.165, 1.54) is 12.1 Å². The Morgan fingerprint density at radius 2 is 1.73 bits per heavy atom. The summed E-state index contributed by atoms with van der Waals surface area (Å²) in [6, 6.07) is 3.78. The number of hydrogen-bond donors (Lipinski definition) is 5. The minimum Gasteiger partial charge on any atom is -0.481 e. The zero-order chi connectivity index (χ0) is 27.5. The zero-order valence-corrected chi connectivity index (χ0v) is 18.8. The number of nitrogens with two attached hydrogens (primary N) is 1. The summed E-state index contributed by atoms with van der Waals surface area (Å²) in [5.41, 5.74) is 2.57. The Kier molecular flexibility index (Phi) is 7.52. The number of carboxylic acid groups (broad SMARTS) is 3. The number of halogens is 3. The van der Waals surface area contributed by atoms with Gasteiger partial charge < -0.3 is 35.5 Å². The van der Waals surface area contributed by atoms with Gasteiger partial charge in [-0.1, -0.05) is 6.07 Å². The van der Waals surface area contributed by atoms with E-state index in [0.717, 1.165) is 6.07 Å². The number of fused-ring (bicyclic) bond motifs is 3. The quantitative estimate of drug-likeness (QED) is 0.309. The van der Waals surface area contributed by atoms with Gasteiger partial charge in [-0.15, -0.1) is 0 Å². The molecule has 1 aliphatic heterocycles. The molecule has 2 aromatic heterocycles. The lowest BCUT2D eigenvalue weighted by Crippen LogP contribution is -2.42. The lowest BCUT2D eigenvalue weighted by atomic mass is 9.96. The number of aliphatic carboxylic acids is 3. The zero-order valence-electron chi connectivity index (χ0n) is 18.8. The average Bonchev–Trinajstić information content (AvgIpc) is 3.16. The predicted molar refractivity (Wildman–Crippen MR) is 121 cm³/mol. The number of anilines is 2. The topological polar surface area (TPSA) is 213 Å². The van der Waals surface area contributed by atoms with Gasteiger partial charge in [0.2, 0.25) is 5.95 Å². The van der Waals surface area contributed by atoms with Crippen molar-refractivity contribution in [3.63, 3.8) is 0 Å². The van der Waals surface area contributed by atoms with Crippen LogP contribution in [0.1, 0.15) is 18.4 Å². The highest BCUT2D eigenvalue weighted by atomic mass is 19.4. The molecule has 0 atom stereocenters. The fourth-order valence-electron chi connectivity index (χ4n) is 3.56. The van der Waals surface area contributed by atoms with Crippen LogP contribution < -0.4 is 10.6 Å². The van der Waals surface area contributed by atoms with E-state index in [2.05, 4.69) is 15.0 Å². The van der Waals surface area contributed by atoms with Gasteiger partial charge in [0.05, 0.1) is 36.9 Å². The number of aliphatic imine (C=N–C) groups is 1. The van der Waals surface area contributed by atoms with Gasteiger partial charge in [-0.2, -0.15) is 18.2 Å². The Bertz CT molecular complexity index is 1370. The molecule has 0 spiro atoms. The van der Waals surface area contributed by atoms with Crippen LogP contribution >= 0.6 is 0 Å². The Labute approximate surface area is 204 Å². The predicted octanol–water partition coefficient (Wildman–Crippen LogP) is 1.62. The molecule has 13 nitrogen and oxygen atoms in total. The maximum absolute atomic E-state index is 13.3. The second kappa shape index (κ2) is 10.3. The lowest BCUT2D eigenvalue weighted by Gasteiger charge is -2.23. The number of carboxylic acids is 3. The summed E-state index contributed by atoms with van der Waals surface area (Å²) in [5.74, 6) is -4.73. The van der Waals surface area contributed by atoms with Crippen LogP contribution in [-0.4, -0.2) is 79.8 Å². The van der Waals surface area contributed by atoms with Crippen LogP contribution in [0.5, 0.6) is 0 Å². The van der Waals surface area contributed by atoms with E-state index in [-0.39, 0.29) is 28.0 Å². The third kappa shape index (κ3) is 6.03. The number of aromatic nitrogens is 2. The summed E-state index contributed by atoms with van der Waals surface area (Å²) < 4.78 is 45.7. The Morgan fingerprint density at radius 3 is 2.24 bits per heavy atom. The molecule has 0 bridgehead atoms. The van der Waals surface area contributed by atoms with Crippen molar-refractivity contribution in [2.75, 3.05) is 30.3 Å². The van der Waals surface area contributed by atoms with Crippen molar-refractivity contribution in [3.8, 4) is 0 Å². The van der Waals surface area contributed by atoms with E-state index >= 15 is 0 Å². The molecule has 16 heteroatoms. The fraction of sp³-hybridized carbons (Fsp3) is 0.333. The third-order valence-electron chi connectivity index (χ3n) is 5.16. The number of hydrogen-bond acceptors (Lipinski definition) is 10. The summed E-state index contributed by atoms with van der Waals surface area (Å²) in [6.07, 6.45) is -5.09. The molecule has 198 valence electrons. The number of carbonyl (C=O) groups is 3. The van der Waals surface area contributed by atoms with E-state index in [1.807, 2.05) is 4.90 Å². The van der Waals surface area contributed by atoms with Gasteiger partial charge in [0, 0.05) is 12.8 Å². The number of nitrogens with zero attached hydrogens (tertiary/aromatic N) is 4. The number of benzene rings is 1. The molecule has 0 fully saturated rings. The minimum atomic E-state index is -4.52. The van der Waals surface area contributed by atoms with Gasteiger partial charge in [0.15, 0.2) is 17.0 Å². The van der Waals surface area contributed by atoms with Crippen molar-refractivity contribution in [1.29, 1.82) is 0 Å². The van der Waals surface area contributed by atoms with Gasteiger partial charge in [-0.25, -0.2) is 9.78 Å². The van der Waals surface area contributed by atoms with Crippen LogP contribution in [0.2, 0.25) is 0 Å². The molecule has 0 amide bonds. The number of nitrogen functional groups attached to an aromatic ring is 1. The highest BCUT2D eigenvalue weighted by Gasteiger charge is 2.41. The van der Waals surface area contributed by atoms with E-state index in [0.29, 0.717) is 25.5 Å². The maximum Gasteiger partial charge on any atom is 0.417 e. The molecule has 0 saturated carbocycles. The van der Waals surface area contributed by atoms with Crippen molar-refractivity contribution in [3.05, 3.63) is 23.8 Å². The Balaban J connectivity index is 0.000000251. The number of aliphatic hydroxyl groups is 1. The van der Waals surface area contributed by atoms with Gasteiger partial charge >= 0.3 is 24.1 Å². The van der Waals surface area contributed by atoms with Gasteiger partial charge in [0.1, 0.15) is 11.1 Å². The molecule has 4 rings (SSSR count). The van der Waals surface area contributed by atoms with E-state index in [1.54, 1.807) is 6.21 Å². The van der Waals surface area contributed by atoms with Crippen LogP contribution in [0, 0.1) is 0 Å². The van der Waals surface area contributed by atoms with Gasteiger partial charge in [-0.3, -0.25) is 14.6 Å². The maximum atomic E-state index is 13.3. The van der Waals surface area contributed by atoms with Crippen LogP contribution in [0.4, 0.5) is 24.9 Å². The first-order chi connectivity index (χ1) is 17.2. The Morgan fingerprint density at radius 1 is 1.08 bits per heavy atom. The molecule has 3 aromatic rings. The molecule has 1 aromatic carbocycles. The Hall–Kier alpha value is -4.47. The van der Waals surface area contributed by atoms with Gasteiger partial charge in [0.25, 0.3) is 0 Å². The fourth-order valence-corrected chi connectivity index (χ4v) is 3.56. The highest BCUT2D eigenvalue weighted by Crippen LogP contribution is 2.41. The molecule has 1 aliphatic rings. The number of furan rings is 1. The second-order valence-electron chi connectivity index (χ2n) is 7.87. The molecule has 37 heavy (non-hydrogen) atoms. The summed E-state index contributed by atoms with van der Waals surface area (Å²) >= 11 is 0. The molecule has 3 heterocycles. The standard InChI is InChI=1S/C15H12F3N5O.C6H8O7/c16-15(17,18)8-2-1-3-9-10(8)11-12(24-9)13(22-14(19)21-11)23-6-4-20-5-7-23;7-3(8)1-6(13,5(11)12)2-4(9)10/h1-4H,5-7H2,(H2,19,21,22);13H,1-2H2,(H,7,8)(H,9,10)(H,11,12). The van der Waals surface area contributed by atoms with Crippen molar-refractivity contribution in [2.45, 2.75) is 24.6 Å². The van der Waals surface area contributed by atoms with Crippen LogP contribution in [0.15, 0.2) is 27.6 Å². The van der Waals surface area contributed by atoms with Crippen LogP contribution in [-0.2, 0) is 20.6 Å². The van der Waals surface area contributed by atoms with Gasteiger partial charge in [-0.05, 0) is 12.1 Å². The first-order valence-corrected chi connectivity index (χ1v) is 10.4. The largest absolute Gasteiger partial charge is 0.481 e. The monoisotopic (exact) mass is 527 g/mol. The van der Waals surface area contributed by atoms with Crippen LogP contribution in [0.25, 0.3) is 22.1 Å². The van der Waals surface area contributed by atoms with Crippen molar-refractivity contribution in [1.82, 2.24) is 9.97 Å². The van der Waals surface area contributed by atoms with E-state index < -0.39 is 48.1 Å². The summed E-state index contributed by atoms with van der Waals surface area (Å²) in [4.78, 5) is 44.6. The third-order valence-corrected chi connectivity index (χ3v) is 5.16. The SMILES string of the molecule is Nc1nc(N2CC=NCC2)c2oc3cccc(C(F)(F)F)c3c2n1.O=C(O)CC(O)(CC(=O)O)C(=O)O. The summed E-state index contributed by atoms with van der Waals surface area (Å²) in [7, 11) is 0. The molecule has 0 aliphatic carbocycles. The first-order valence-electron chi connectivity index (χ1n) is 10.4. The molecule has 6 N–H and O–H groups in total. The molecule has 0 radical (unpaired) electrons. The molecular weight excluding hydrogens is 507 g/mol. The smallest absolute Gasteiger partial charge is 0.417 e.